The van der Waals surface area contributed by atoms with Crippen LogP contribution in [-0.2, 0) is 16.2 Å². The Morgan fingerprint density at radius 3 is 2.36 bits per heavy atom. The molecule has 0 aliphatic carbocycles. The van der Waals surface area contributed by atoms with Crippen LogP contribution < -0.4 is 0 Å². The lowest BCUT2D eigenvalue weighted by Gasteiger charge is -1.96. The lowest BCUT2D eigenvalue weighted by atomic mass is 10.1. The minimum absolute atomic E-state index is 0.626. The van der Waals surface area contributed by atoms with E-state index in [4.69, 9.17) is 4.18 Å². The van der Waals surface area contributed by atoms with Gasteiger partial charge in [0.2, 0.25) is 0 Å². The maximum Gasteiger partial charge on any atom is 0.296 e. The first-order valence-electron chi connectivity index (χ1n) is 4.79. The molecule has 0 amide bonds. The van der Waals surface area contributed by atoms with Crippen molar-refractivity contribution in [3.63, 3.8) is 0 Å². The third-order valence-corrected chi connectivity index (χ3v) is 2.83. The Kier molecular flexibility index (Phi) is 5.04. The highest BCUT2D eigenvalue weighted by atomic mass is 32.2. The Morgan fingerprint density at radius 2 is 1.73 bits per heavy atom. The summed E-state index contributed by atoms with van der Waals surface area (Å²) in [7, 11) is 0. The lowest BCUT2D eigenvalue weighted by Crippen LogP contribution is -1.84. The van der Waals surface area contributed by atoms with Crippen molar-refractivity contribution in [3.05, 3.63) is 0 Å². The summed E-state index contributed by atoms with van der Waals surface area (Å²) in [6.07, 6.45) is 9.71. The average molecular weight is 175 g/mol. The molecule has 0 N–H and O–H groups in total. The molecule has 2 heteroatoms. The van der Waals surface area contributed by atoms with Gasteiger partial charge in [0, 0.05) is 6.42 Å². The molecule has 0 radical (unpaired) electrons. The zero-order chi connectivity index (χ0) is 7.94. The van der Waals surface area contributed by atoms with Gasteiger partial charge in [-0.2, -0.15) is 0 Å². The minimum Gasteiger partial charge on any atom is -0.114 e. The van der Waals surface area contributed by atoms with Crippen LogP contribution >= 0.6 is 0 Å². The first-order valence-corrected chi connectivity index (χ1v) is 5.67. The maximum atomic E-state index is 5.11. The summed E-state index contributed by atoms with van der Waals surface area (Å²) in [4.78, 5) is 0. The van der Waals surface area contributed by atoms with E-state index >= 15 is 0 Å². The molecule has 1 aliphatic rings. The van der Waals surface area contributed by atoms with Gasteiger partial charge in [-0.1, -0.05) is 39.0 Å². The van der Waals surface area contributed by atoms with Gasteiger partial charge in [-0.25, -0.2) is 0 Å². The quantitative estimate of drug-likeness (QED) is 0.251. The van der Waals surface area contributed by atoms with Gasteiger partial charge >= 0.3 is 0 Å². The summed E-state index contributed by atoms with van der Waals surface area (Å²) in [6.45, 7) is 2.26. The fourth-order valence-corrected chi connectivity index (χ4v) is 1.73. The number of unbranched alkanes of at least 4 members (excludes halogenated alkanes) is 5. The molecule has 1 saturated heterocycles. The van der Waals surface area contributed by atoms with E-state index in [9.17, 15) is 0 Å². The monoisotopic (exact) mass is 175 g/mol. The summed E-state index contributed by atoms with van der Waals surface area (Å²) < 4.78 is 5.11. The maximum absolute atomic E-state index is 5.11. The van der Waals surface area contributed by atoms with Gasteiger partial charge in [0.25, 0.3) is 5.44 Å². The molecule has 1 fully saturated rings. The van der Waals surface area contributed by atoms with E-state index in [0.29, 0.717) is 5.44 Å². The number of thiol groups is 1. The Bertz CT molecular complexity index is 91.6. The van der Waals surface area contributed by atoms with Crippen molar-refractivity contribution in [1.82, 2.24) is 0 Å². The molecule has 0 saturated carbocycles. The van der Waals surface area contributed by atoms with Crippen LogP contribution in [0.4, 0.5) is 0 Å². The molecule has 1 nitrogen and oxygen atoms in total. The molecule has 0 aromatic carbocycles. The molecule has 1 heterocycles. The summed E-state index contributed by atoms with van der Waals surface area (Å²) >= 11 is 1.24. The van der Waals surface area contributed by atoms with Crippen LogP contribution in [0.3, 0.4) is 0 Å². The molecule has 0 aromatic rings. The summed E-state index contributed by atoms with van der Waals surface area (Å²) in [6, 6.07) is 0. The smallest absolute Gasteiger partial charge is 0.114 e. The normalized spacial score (nSPS) is 22.1. The molecule has 66 valence electrons. The van der Waals surface area contributed by atoms with Gasteiger partial charge in [-0.3, -0.25) is 0 Å². The molecule has 0 aromatic heterocycles. The van der Waals surface area contributed by atoms with Gasteiger partial charge in [-0.05, 0) is 6.42 Å². The van der Waals surface area contributed by atoms with Gasteiger partial charge < -0.3 is 0 Å². The molecular formula is C9H19OS+. The average Bonchev–Trinajstić information content (AvgIpc) is 2.80. The van der Waals surface area contributed by atoms with Crippen LogP contribution in [0.15, 0.2) is 0 Å². The molecule has 1 rings (SSSR count). The summed E-state index contributed by atoms with van der Waals surface area (Å²) in [5, 5.41) is 0. The predicted octanol–water partition coefficient (Wildman–Crippen LogP) is 2.82. The van der Waals surface area contributed by atoms with E-state index in [-0.39, 0.29) is 0 Å². The Hall–Kier alpha value is 0.310. The fourth-order valence-electron chi connectivity index (χ4n) is 1.25. The van der Waals surface area contributed by atoms with Crippen molar-refractivity contribution in [2.24, 2.45) is 0 Å². The number of rotatable bonds is 7. The highest BCUT2D eigenvalue weighted by Crippen LogP contribution is 2.20. The second kappa shape index (κ2) is 5.90. The van der Waals surface area contributed by atoms with Crippen molar-refractivity contribution >= 4 is 12.0 Å². The molecule has 0 unspecified atom stereocenters. The van der Waals surface area contributed by atoms with Crippen molar-refractivity contribution in [2.45, 2.75) is 57.3 Å². The van der Waals surface area contributed by atoms with Gasteiger partial charge in [0.1, 0.15) is 0 Å². The van der Waals surface area contributed by atoms with Crippen LogP contribution in [-0.4, -0.2) is 5.44 Å². The highest BCUT2D eigenvalue weighted by Gasteiger charge is 2.36. The minimum atomic E-state index is 0.626. The first-order chi connectivity index (χ1) is 5.43. The SMILES string of the molecule is CCCCCCCC[C@@H]1O[SH+]1. The van der Waals surface area contributed by atoms with Crippen molar-refractivity contribution in [2.75, 3.05) is 0 Å². The van der Waals surface area contributed by atoms with Crippen molar-refractivity contribution in [1.29, 1.82) is 0 Å². The van der Waals surface area contributed by atoms with Crippen LogP contribution in [0.5, 0.6) is 0 Å². The van der Waals surface area contributed by atoms with Crippen molar-refractivity contribution < 1.29 is 4.18 Å². The van der Waals surface area contributed by atoms with Gasteiger partial charge in [-0.15, -0.1) is 4.18 Å². The number of hydrogen-bond acceptors (Lipinski definition) is 1. The topological polar surface area (TPSA) is 12.5 Å². The first kappa shape index (κ1) is 9.40. The standard InChI is InChI=1S/C9H18OS/c1-2-3-4-5-6-7-8-9-10-11-9/h9H,2-8H2,1H3/p+1/t9-/m1/s1. The van der Waals surface area contributed by atoms with Crippen molar-refractivity contribution in [3.8, 4) is 0 Å². The molecule has 1 atom stereocenters. The zero-order valence-electron chi connectivity index (χ0n) is 7.38. The zero-order valence-corrected chi connectivity index (χ0v) is 8.28. The lowest BCUT2D eigenvalue weighted by molar-refractivity contribution is 0.423. The summed E-state index contributed by atoms with van der Waals surface area (Å²) in [5.41, 5.74) is 0.626. The third-order valence-electron chi connectivity index (χ3n) is 2.06. The van der Waals surface area contributed by atoms with E-state index in [2.05, 4.69) is 6.92 Å². The second-order valence-corrected chi connectivity index (χ2v) is 4.22. The predicted molar refractivity (Wildman–Crippen MR) is 51.6 cm³/mol. The molecule has 11 heavy (non-hydrogen) atoms. The summed E-state index contributed by atoms with van der Waals surface area (Å²) in [5.74, 6) is 0. The fraction of sp³-hybridized carbons (Fsp3) is 1.00. The van der Waals surface area contributed by atoms with E-state index in [1.54, 1.807) is 0 Å². The molecule has 0 bridgehead atoms. The third kappa shape index (κ3) is 5.57. The van der Waals surface area contributed by atoms with Gasteiger partial charge in [0.05, 0.1) is 0 Å². The Balaban J connectivity index is 1.66. The molecule has 0 spiro atoms. The van der Waals surface area contributed by atoms with E-state index in [1.807, 2.05) is 0 Å². The number of hydrogen-bond donors (Lipinski definition) is 0. The molecular weight excluding hydrogens is 156 g/mol. The van der Waals surface area contributed by atoms with Gasteiger partial charge in [0.15, 0.2) is 12.0 Å². The van der Waals surface area contributed by atoms with Crippen LogP contribution in [0.2, 0.25) is 0 Å². The molecule has 1 aliphatic heterocycles. The van der Waals surface area contributed by atoms with Crippen LogP contribution in [0, 0.1) is 0 Å². The Morgan fingerprint density at radius 1 is 1.09 bits per heavy atom. The van der Waals surface area contributed by atoms with E-state index in [0.717, 1.165) is 0 Å². The Labute approximate surface area is 74.1 Å². The van der Waals surface area contributed by atoms with E-state index < -0.39 is 0 Å². The largest absolute Gasteiger partial charge is 0.296 e. The second-order valence-electron chi connectivity index (χ2n) is 3.22. The van der Waals surface area contributed by atoms with Crippen LogP contribution in [0.25, 0.3) is 0 Å². The van der Waals surface area contributed by atoms with Crippen LogP contribution in [0.1, 0.15) is 51.9 Å². The van der Waals surface area contributed by atoms with E-state index in [1.165, 1.54) is 57.0 Å². The highest BCUT2D eigenvalue weighted by molar-refractivity contribution is 7.79.